The van der Waals surface area contributed by atoms with E-state index in [1.54, 1.807) is 0 Å². The SMILES string of the molecule is CC(CNC1(CN)CCCS(=O)(=O)C1)C1CC1. The van der Waals surface area contributed by atoms with Crippen LogP contribution < -0.4 is 11.1 Å². The van der Waals surface area contributed by atoms with Gasteiger partial charge in [0.2, 0.25) is 0 Å². The van der Waals surface area contributed by atoms with E-state index in [9.17, 15) is 8.42 Å². The molecule has 1 aliphatic heterocycles. The quantitative estimate of drug-likeness (QED) is 0.756. The van der Waals surface area contributed by atoms with Crippen LogP contribution in [0.2, 0.25) is 0 Å². The van der Waals surface area contributed by atoms with Crippen LogP contribution in [0.4, 0.5) is 0 Å². The molecule has 0 spiro atoms. The Bertz CT molecular complexity index is 365. The highest BCUT2D eigenvalue weighted by Gasteiger charge is 2.38. The molecular weight excluding hydrogens is 236 g/mol. The fourth-order valence-corrected chi connectivity index (χ4v) is 4.71. The van der Waals surface area contributed by atoms with Crippen LogP contribution in [-0.4, -0.2) is 38.6 Å². The summed E-state index contributed by atoms with van der Waals surface area (Å²) >= 11 is 0. The van der Waals surface area contributed by atoms with E-state index in [0.717, 1.165) is 25.3 Å². The minimum absolute atomic E-state index is 0.216. The lowest BCUT2D eigenvalue weighted by molar-refractivity contribution is 0.298. The predicted octanol–water partition coefficient (Wildman–Crippen LogP) is 0.528. The molecule has 0 radical (unpaired) electrons. The average molecular weight is 260 g/mol. The van der Waals surface area contributed by atoms with Crippen molar-refractivity contribution in [2.24, 2.45) is 17.6 Å². The Labute approximate surface area is 104 Å². The van der Waals surface area contributed by atoms with Crippen molar-refractivity contribution < 1.29 is 8.42 Å². The molecular formula is C12H24N2O2S. The standard InChI is InChI=1S/C12H24N2O2S/c1-10(11-3-4-11)7-14-12(8-13)5-2-6-17(15,16)9-12/h10-11,14H,2-9,13H2,1H3. The van der Waals surface area contributed by atoms with E-state index in [1.165, 1.54) is 12.8 Å². The molecule has 1 saturated heterocycles. The first-order valence-corrected chi connectivity index (χ1v) is 8.44. The largest absolute Gasteiger partial charge is 0.329 e. The first-order chi connectivity index (χ1) is 7.96. The normalized spacial score (nSPS) is 34.5. The highest BCUT2D eigenvalue weighted by atomic mass is 32.2. The number of nitrogens with one attached hydrogen (secondary N) is 1. The second kappa shape index (κ2) is 4.86. The fourth-order valence-electron chi connectivity index (χ4n) is 2.78. The number of sulfone groups is 1. The van der Waals surface area contributed by atoms with Gasteiger partial charge < -0.3 is 11.1 Å². The molecule has 1 aliphatic carbocycles. The fraction of sp³-hybridized carbons (Fsp3) is 1.00. The molecule has 5 heteroatoms. The van der Waals surface area contributed by atoms with E-state index in [2.05, 4.69) is 12.2 Å². The molecule has 2 atom stereocenters. The van der Waals surface area contributed by atoms with Crippen molar-refractivity contribution in [1.29, 1.82) is 0 Å². The van der Waals surface area contributed by atoms with Gasteiger partial charge in [0, 0.05) is 12.1 Å². The molecule has 0 amide bonds. The number of rotatable bonds is 5. The van der Waals surface area contributed by atoms with E-state index >= 15 is 0 Å². The van der Waals surface area contributed by atoms with Crippen LogP contribution in [0.15, 0.2) is 0 Å². The van der Waals surface area contributed by atoms with Gasteiger partial charge in [0.05, 0.1) is 11.5 Å². The van der Waals surface area contributed by atoms with Gasteiger partial charge in [0.1, 0.15) is 0 Å². The van der Waals surface area contributed by atoms with Crippen LogP contribution in [0.5, 0.6) is 0 Å². The molecule has 0 aromatic rings. The van der Waals surface area contributed by atoms with Crippen molar-refractivity contribution in [2.45, 2.75) is 38.1 Å². The lowest BCUT2D eigenvalue weighted by atomic mass is 9.94. The Morgan fingerprint density at radius 2 is 2.18 bits per heavy atom. The molecule has 2 unspecified atom stereocenters. The maximum atomic E-state index is 11.7. The van der Waals surface area contributed by atoms with Crippen molar-refractivity contribution in [3.63, 3.8) is 0 Å². The van der Waals surface area contributed by atoms with Gasteiger partial charge >= 0.3 is 0 Å². The van der Waals surface area contributed by atoms with E-state index in [0.29, 0.717) is 18.2 Å². The summed E-state index contributed by atoms with van der Waals surface area (Å²) in [6, 6.07) is 0. The molecule has 17 heavy (non-hydrogen) atoms. The van der Waals surface area contributed by atoms with Gasteiger partial charge in [-0.15, -0.1) is 0 Å². The third-order valence-electron chi connectivity index (χ3n) is 4.22. The molecule has 4 nitrogen and oxygen atoms in total. The van der Waals surface area contributed by atoms with Crippen LogP contribution in [0.1, 0.15) is 32.6 Å². The summed E-state index contributed by atoms with van der Waals surface area (Å²) in [7, 11) is -2.90. The molecule has 1 saturated carbocycles. The molecule has 100 valence electrons. The summed E-state index contributed by atoms with van der Waals surface area (Å²) in [5, 5.41) is 3.46. The molecule has 2 aliphatic rings. The van der Waals surface area contributed by atoms with E-state index in [4.69, 9.17) is 5.73 Å². The molecule has 1 heterocycles. The number of hydrogen-bond acceptors (Lipinski definition) is 4. The van der Waals surface area contributed by atoms with Gasteiger partial charge in [0.25, 0.3) is 0 Å². The number of hydrogen-bond donors (Lipinski definition) is 2. The summed E-state index contributed by atoms with van der Waals surface area (Å²) < 4.78 is 23.4. The molecule has 0 aromatic heterocycles. The van der Waals surface area contributed by atoms with Crippen molar-refractivity contribution in [3.8, 4) is 0 Å². The number of nitrogens with two attached hydrogens (primary N) is 1. The van der Waals surface area contributed by atoms with Crippen LogP contribution in [0, 0.1) is 11.8 Å². The third kappa shape index (κ3) is 3.42. The lowest BCUT2D eigenvalue weighted by Gasteiger charge is -2.37. The van der Waals surface area contributed by atoms with Crippen LogP contribution in [0.25, 0.3) is 0 Å². The Morgan fingerprint density at radius 1 is 1.47 bits per heavy atom. The minimum atomic E-state index is -2.90. The minimum Gasteiger partial charge on any atom is -0.329 e. The summed E-state index contributed by atoms with van der Waals surface area (Å²) in [6.45, 7) is 3.56. The Morgan fingerprint density at radius 3 is 2.71 bits per heavy atom. The second-order valence-electron chi connectivity index (χ2n) is 5.88. The monoisotopic (exact) mass is 260 g/mol. The average Bonchev–Trinajstić information content (AvgIpc) is 3.08. The summed E-state index contributed by atoms with van der Waals surface area (Å²) in [4.78, 5) is 0. The Hall–Kier alpha value is -0.130. The zero-order valence-corrected chi connectivity index (χ0v) is 11.4. The van der Waals surface area contributed by atoms with Gasteiger partial charge in [-0.1, -0.05) is 6.92 Å². The van der Waals surface area contributed by atoms with Gasteiger partial charge in [-0.2, -0.15) is 0 Å². The molecule has 3 N–H and O–H groups in total. The van der Waals surface area contributed by atoms with E-state index < -0.39 is 9.84 Å². The van der Waals surface area contributed by atoms with Gasteiger partial charge in [-0.3, -0.25) is 0 Å². The highest BCUT2D eigenvalue weighted by molar-refractivity contribution is 7.91. The van der Waals surface area contributed by atoms with Crippen LogP contribution in [0.3, 0.4) is 0 Å². The zero-order valence-electron chi connectivity index (χ0n) is 10.6. The van der Waals surface area contributed by atoms with Gasteiger partial charge in [-0.05, 0) is 44.1 Å². The summed E-state index contributed by atoms with van der Waals surface area (Å²) in [5.41, 5.74) is 5.45. The zero-order chi connectivity index (χ0) is 12.5. The maximum Gasteiger partial charge on any atom is 0.152 e. The predicted molar refractivity (Wildman–Crippen MR) is 69.6 cm³/mol. The van der Waals surface area contributed by atoms with Crippen molar-refractivity contribution in [1.82, 2.24) is 5.32 Å². The summed E-state index contributed by atoms with van der Waals surface area (Å²) in [6.07, 6.45) is 4.29. The van der Waals surface area contributed by atoms with Gasteiger partial charge in [0.15, 0.2) is 9.84 Å². The molecule has 0 bridgehead atoms. The lowest BCUT2D eigenvalue weighted by Crippen LogP contribution is -2.59. The van der Waals surface area contributed by atoms with Crippen molar-refractivity contribution >= 4 is 9.84 Å². The van der Waals surface area contributed by atoms with Gasteiger partial charge in [-0.25, -0.2) is 8.42 Å². The molecule has 2 rings (SSSR count). The first kappa shape index (κ1) is 13.3. The van der Waals surface area contributed by atoms with Crippen LogP contribution >= 0.6 is 0 Å². The highest BCUT2D eigenvalue weighted by Crippen LogP contribution is 2.36. The third-order valence-corrected chi connectivity index (χ3v) is 6.13. The molecule has 0 aromatic carbocycles. The van der Waals surface area contributed by atoms with E-state index in [1.807, 2.05) is 0 Å². The smallest absolute Gasteiger partial charge is 0.152 e. The maximum absolute atomic E-state index is 11.7. The Kier molecular flexibility index (Phi) is 3.80. The Balaban J connectivity index is 1.93. The van der Waals surface area contributed by atoms with E-state index in [-0.39, 0.29) is 11.3 Å². The van der Waals surface area contributed by atoms with Crippen LogP contribution in [-0.2, 0) is 9.84 Å². The summed E-state index contributed by atoms with van der Waals surface area (Å²) in [5.74, 6) is 2.03. The molecule has 2 fully saturated rings. The van der Waals surface area contributed by atoms with Crippen molar-refractivity contribution in [2.75, 3.05) is 24.6 Å². The van der Waals surface area contributed by atoms with Crippen molar-refractivity contribution in [3.05, 3.63) is 0 Å². The first-order valence-electron chi connectivity index (χ1n) is 6.62. The second-order valence-corrected chi connectivity index (χ2v) is 8.06. The topological polar surface area (TPSA) is 72.2 Å².